The Morgan fingerprint density at radius 2 is 2.21 bits per heavy atom. The maximum atomic E-state index is 13.0. The number of amidine groups is 1. The summed E-state index contributed by atoms with van der Waals surface area (Å²) in [7, 11) is -3.90. The lowest BCUT2D eigenvalue weighted by Gasteiger charge is -2.16. The van der Waals surface area contributed by atoms with Crippen LogP contribution in [-0.4, -0.2) is 25.5 Å². The molecule has 0 radical (unpaired) electrons. The molecule has 0 spiro atoms. The summed E-state index contributed by atoms with van der Waals surface area (Å²) in [6, 6.07) is 3.89. The minimum atomic E-state index is -3.90. The molecule has 1 aliphatic carbocycles. The molecular formula is C11H14FN3O3S. The summed E-state index contributed by atoms with van der Waals surface area (Å²) in [6.45, 7) is 0. The fourth-order valence-electron chi connectivity index (χ4n) is 1.76. The predicted octanol–water partition coefficient (Wildman–Crippen LogP) is 0.629. The number of hydrogen-bond acceptors (Lipinski definition) is 4. The lowest BCUT2D eigenvalue weighted by molar-refractivity contribution is 0.314. The van der Waals surface area contributed by atoms with E-state index in [2.05, 4.69) is 9.88 Å². The first kappa shape index (κ1) is 13.8. The summed E-state index contributed by atoms with van der Waals surface area (Å²) in [5.41, 5.74) is 5.47. The van der Waals surface area contributed by atoms with Crippen LogP contribution >= 0.6 is 0 Å². The third-order valence-corrected chi connectivity index (χ3v) is 4.35. The van der Waals surface area contributed by atoms with Crippen LogP contribution in [0.2, 0.25) is 0 Å². The zero-order valence-electron chi connectivity index (χ0n) is 9.95. The molecule has 4 N–H and O–H groups in total. The van der Waals surface area contributed by atoms with E-state index in [1.165, 1.54) is 12.1 Å². The fourth-order valence-corrected chi connectivity index (χ4v) is 3.07. The van der Waals surface area contributed by atoms with Gasteiger partial charge in [-0.25, -0.2) is 17.5 Å². The second-order valence-electron chi connectivity index (χ2n) is 4.42. The Balaban J connectivity index is 2.25. The lowest BCUT2D eigenvalue weighted by Crippen LogP contribution is -2.46. The van der Waals surface area contributed by atoms with Crippen molar-refractivity contribution < 1.29 is 18.0 Å². The van der Waals surface area contributed by atoms with Gasteiger partial charge in [0.15, 0.2) is 5.84 Å². The first-order chi connectivity index (χ1) is 8.94. The van der Waals surface area contributed by atoms with Crippen LogP contribution in [0.1, 0.15) is 12.8 Å². The van der Waals surface area contributed by atoms with E-state index in [1.54, 1.807) is 0 Å². The van der Waals surface area contributed by atoms with Gasteiger partial charge in [0.1, 0.15) is 5.82 Å². The van der Waals surface area contributed by atoms with Gasteiger partial charge in [-0.1, -0.05) is 11.2 Å². The minimum Gasteiger partial charge on any atom is -0.409 e. The number of rotatable bonds is 5. The Bertz CT molecular complexity index is 599. The van der Waals surface area contributed by atoms with Crippen molar-refractivity contribution in [3.05, 3.63) is 30.1 Å². The third-order valence-electron chi connectivity index (χ3n) is 2.92. The summed E-state index contributed by atoms with van der Waals surface area (Å²) in [5, 5.41) is 11.5. The Morgan fingerprint density at radius 3 is 2.74 bits per heavy atom. The highest BCUT2D eigenvalue weighted by Gasteiger charge is 2.37. The number of nitrogens with zero attached hydrogens (tertiary/aromatic N) is 1. The van der Waals surface area contributed by atoms with Gasteiger partial charge in [-0.15, -0.1) is 0 Å². The van der Waals surface area contributed by atoms with Crippen molar-refractivity contribution in [2.45, 2.75) is 23.8 Å². The topological polar surface area (TPSA) is 105 Å². The van der Waals surface area contributed by atoms with Crippen LogP contribution in [0.5, 0.6) is 0 Å². The molecule has 1 atom stereocenters. The predicted molar refractivity (Wildman–Crippen MR) is 66.6 cm³/mol. The molecule has 1 fully saturated rings. The molecule has 8 heteroatoms. The van der Waals surface area contributed by atoms with Gasteiger partial charge in [-0.05, 0) is 37.0 Å². The zero-order chi connectivity index (χ0) is 14.0. The molecule has 19 heavy (non-hydrogen) atoms. The van der Waals surface area contributed by atoms with E-state index in [9.17, 15) is 12.8 Å². The average molecular weight is 287 g/mol. The molecule has 1 aromatic rings. The van der Waals surface area contributed by atoms with Gasteiger partial charge in [0, 0.05) is 0 Å². The van der Waals surface area contributed by atoms with Crippen LogP contribution in [0.25, 0.3) is 0 Å². The van der Waals surface area contributed by atoms with E-state index in [-0.39, 0.29) is 16.6 Å². The maximum Gasteiger partial charge on any atom is 0.241 e. The van der Waals surface area contributed by atoms with Gasteiger partial charge in [0.2, 0.25) is 10.0 Å². The van der Waals surface area contributed by atoms with Gasteiger partial charge in [-0.2, -0.15) is 0 Å². The van der Waals surface area contributed by atoms with E-state index < -0.39 is 21.9 Å². The number of benzene rings is 1. The van der Waals surface area contributed by atoms with Crippen LogP contribution in [0, 0.1) is 11.7 Å². The molecule has 0 saturated heterocycles. The highest BCUT2D eigenvalue weighted by molar-refractivity contribution is 7.89. The molecule has 0 bridgehead atoms. The highest BCUT2D eigenvalue weighted by Crippen LogP contribution is 2.33. The molecule has 0 aromatic heterocycles. The minimum absolute atomic E-state index is 0.0132. The van der Waals surface area contributed by atoms with Gasteiger partial charge < -0.3 is 10.9 Å². The number of halogens is 1. The molecule has 104 valence electrons. The summed E-state index contributed by atoms with van der Waals surface area (Å²) in [6.07, 6.45) is 1.60. The standard InChI is InChI=1S/C11H14FN3O3S/c12-8-2-1-3-9(6-8)19(17,18)15-10(7-4-5-7)11(13)14-16/h1-3,6-7,10,15-16H,4-5H2,(H2,13,14). The van der Waals surface area contributed by atoms with Crippen molar-refractivity contribution in [1.29, 1.82) is 0 Å². The van der Waals surface area contributed by atoms with Crippen molar-refractivity contribution in [3.8, 4) is 0 Å². The monoisotopic (exact) mass is 287 g/mol. The van der Waals surface area contributed by atoms with Gasteiger partial charge in [0.25, 0.3) is 0 Å². The van der Waals surface area contributed by atoms with Crippen LogP contribution < -0.4 is 10.5 Å². The molecule has 2 rings (SSSR count). The molecule has 0 aliphatic heterocycles. The van der Waals surface area contributed by atoms with E-state index >= 15 is 0 Å². The lowest BCUT2D eigenvalue weighted by atomic mass is 10.2. The molecule has 0 amide bonds. The normalized spacial score (nSPS) is 18.3. The number of nitrogens with one attached hydrogen (secondary N) is 1. The number of oxime groups is 1. The maximum absolute atomic E-state index is 13.0. The van der Waals surface area contributed by atoms with Crippen LogP contribution in [0.3, 0.4) is 0 Å². The Labute approximate surface area is 110 Å². The zero-order valence-corrected chi connectivity index (χ0v) is 10.8. The van der Waals surface area contributed by atoms with Crippen LogP contribution in [0.4, 0.5) is 4.39 Å². The van der Waals surface area contributed by atoms with Crippen LogP contribution in [0.15, 0.2) is 34.3 Å². The van der Waals surface area contributed by atoms with E-state index in [4.69, 9.17) is 10.9 Å². The summed E-state index contributed by atoms with van der Waals surface area (Å²) in [5.74, 6) is -0.823. The first-order valence-corrected chi connectivity index (χ1v) is 7.17. The Kier molecular flexibility index (Phi) is 3.72. The SMILES string of the molecule is NC(=NO)C(NS(=O)(=O)c1cccc(F)c1)C1CC1. The second kappa shape index (κ2) is 5.14. The molecule has 6 nitrogen and oxygen atoms in total. The van der Waals surface area contributed by atoms with Gasteiger partial charge in [0.05, 0.1) is 10.9 Å². The first-order valence-electron chi connectivity index (χ1n) is 5.69. The molecular weight excluding hydrogens is 273 g/mol. The number of hydrogen-bond donors (Lipinski definition) is 3. The molecule has 0 heterocycles. The summed E-state index contributed by atoms with van der Waals surface area (Å²) >= 11 is 0. The Morgan fingerprint density at radius 1 is 1.53 bits per heavy atom. The van der Waals surface area contributed by atoms with Crippen molar-refractivity contribution in [1.82, 2.24) is 4.72 Å². The number of nitrogens with two attached hydrogens (primary N) is 1. The van der Waals surface area contributed by atoms with Gasteiger partial charge >= 0.3 is 0 Å². The fraction of sp³-hybridized carbons (Fsp3) is 0.364. The average Bonchev–Trinajstić information content (AvgIpc) is 3.19. The molecule has 1 aromatic carbocycles. The van der Waals surface area contributed by atoms with E-state index in [1.807, 2.05) is 0 Å². The van der Waals surface area contributed by atoms with E-state index in [0.29, 0.717) is 0 Å². The highest BCUT2D eigenvalue weighted by atomic mass is 32.2. The summed E-state index contributed by atoms with van der Waals surface area (Å²) < 4.78 is 39.5. The third kappa shape index (κ3) is 3.21. The van der Waals surface area contributed by atoms with Crippen molar-refractivity contribution >= 4 is 15.9 Å². The molecule has 1 saturated carbocycles. The Hall–Kier alpha value is -1.67. The smallest absolute Gasteiger partial charge is 0.241 e. The quantitative estimate of drug-likeness (QED) is 0.320. The van der Waals surface area contributed by atoms with Crippen molar-refractivity contribution in [2.75, 3.05) is 0 Å². The van der Waals surface area contributed by atoms with Gasteiger partial charge in [-0.3, -0.25) is 0 Å². The van der Waals surface area contributed by atoms with E-state index in [0.717, 1.165) is 25.0 Å². The van der Waals surface area contributed by atoms with Crippen molar-refractivity contribution in [3.63, 3.8) is 0 Å². The van der Waals surface area contributed by atoms with Crippen LogP contribution in [-0.2, 0) is 10.0 Å². The molecule has 1 unspecified atom stereocenters. The largest absolute Gasteiger partial charge is 0.409 e. The molecule has 1 aliphatic rings. The summed E-state index contributed by atoms with van der Waals surface area (Å²) in [4.78, 5) is -0.191. The van der Waals surface area contributed by atoms with Crippen molar-refractivity contribution in [2.24, 2.45) is 16.8 Å². The second-order valence-corrected chi connectivity index (χ2v) is 6.13. The number of sulfonamides is 1.